The lowest BCUT2D eigenvalue weighted by atomic mass is 10.2. The average molecular weight is 534 g/mol. The highest BCUT2D eigenvalue weighted by Gasteiger charge is 2.47. The van der Waals surface area contributed by atoms with Gasteiger partial charge in [0.05, 0.1) is 24.9 Å². The minimum Gasteiger partial charge on any atom is -0.468 e. The molecule has 186 valence electrons. The maximum absolute atomic E-state index is 13.5. The Morgan fingerprint density at radius 2 is 1.81 bits per heavy atom. The Balaban J connectivity index is 1.30. The van der Waals surface area contributed by atoms with E-state index >= 15 is 0 Å². The second kappa shape index (κ2) is 9.11. The summed E-state index contributed by atoms with van der Waals surface area (Å²) in [5, 5.41) is 1.64. The van der Waals surface area contributed by atoms with E-state index in [0.29, 0.717) is 28.5 Å². The minimum atomic E-state index is -4.06. The van der Waals surface area contributed by atoms with Gasteiger partial charge < -0.3 is 8.83 Å². The summed E-state index contributed by atoms with van der Waals surface area (Å²) in [7, 11) is -4.06. The van der Waals surface area contributed by atoms with E-state index in [9.17, 15) is 18.0 Å². The van der Waals surface area contributed by atoms with Crippen molar-refractivity contribution in [3.8, 4) is 11.5 Å². The molecule has 9 nitrogen and oxygen atoms in total. The van der Waals surface area contributed by atoms with E-state index in [1.165, 1.54) is 12.3 Å². The zero-order valence-electron chi connectivity index (χ0n) is 19.2. The molecule has 3 aromatic heterocycles. The number of carbonyl (C=O) groups is 2. The number of furan rings is 1. The van der Waals surface area contributed by atoms with E-state index in [1.807, 2.05) is 24.3 Å². The van der Waals surface area contributed by atoms with Crippen LogP contribution in [0.1, 0.15) is 12.2 Å². The molecule has 0 aliphatic carbocycles. The van der Waals surface area contributed by atoms with Crippen molar-refractivity contribution in [3.05, 3.63) is 90.2 Å². The standard InChI is InChI=1S/C26H19N3O6S2/c30-23-15-21(28(16-19-5-3-13-34-19)37(32,33)24-8-4-14-36-24)26(31)29(23)18-11-9-17(10-12-18)25-27-20-6-1-2-7-22(20)35-25/h1-14,21H,15-16H2. The van der Waals surface area contributed by atoms with Crippen LogP contribution in [-0.2, 0) is 26.2 Å². The quantitative estimate of drug-likeness (QED) is 0.279. The molecule has 4 heterocycles. The molecule has 37 heavy (non-hydrogen) atoms. The van der Waals surface area contributed by atoms with Crippen molar-refractivity contribution in [2.45, 2.75) is 23.2 Å². The smallest absolute Gasteiger partial charge is 0.253 e. The van der Waals surface area contributed by atoms with Gasteiger partial charge in [-0.1, -0.05) is 18.2 Å². The van der Waals surface area contributed by atoms with Crippen LogP contribution in [-0.4, -0.2) is 35.6 Å². The van der Waals surface area contributed by atoms with Gasteiger partial charge in [-0.3, -0.25) is 9.59 Å². The lowest BCUT2D eigenvalue weighted by molar-refractivity contribution is -0.122. The first kappa shape index (κ1) is 23.3. The van der Waals surface area contributed by atoms with Gasteiger partial charge in [0.15, 0.2) is 5.58 Å². The molecular formula is C26H19N3O6S2. The van der Waals surface area contributed by atoms with Gasteiger partial charge >= 0.3 is 0 Å². The summed E-state index contributed by atoms with van der Waals surface area (Å²) in [6, 6.07) is 19.2. The summed E-state index contributed by atoms with van der Waals surface area (Å²) in [5.74, 6) is -0.334. The number of hydrogen-bond acceptors (Lipinski definition) is 8. The first-order valence-electron chi connectivity index (χ1n) is 11.3. The van der Waals surface area contributed by atoms with Crippen LogP contribution in [0.5, 0.6) is 0 Å². The molecular weight excluding hydrogens is 514 g/mol. The SMILES string of the molecule is O=C1CC(N(Cc2ccco2)S(=O)(=O)c2cccs2)C(=O)N1c1ccc(-c2nc3ccccc3o2)cc1. The number of aromatic nitrogens is 1. The second-order valence-corrected chi connectivity index (χ2v) is 11.4. The molecule has 1 saturated heterocycles. The highest BCUT2D eigenvalue weighted by atomic mass is 32.2. The monoisotopic (exact) mass is 533 g/mol. The van der Waals surface area contributed by atoms with E-state index in [0.717, 1.165) is 26.1 Å². The number of para-hydroxylation sites is 2. The maximum Gasteiger partial charge on any atom is 0.253 e. The fraction of sp³-hybridized carbons (Fsp3) is 0.115. The van der Waals surface area contributed by atoms with Gasteiger partial charge in [0.2, 0.25) is 11.8 Å². The lowest BCUT2D eigenvalue weighted by Gasteiger charge is -2.25. The van der Waals surface area contributed by atoms with E-state index in [4.69, 9.17) is 8.83 Å². The van der Waals surface area contributed by atoms with Gasteiger partial charge in [0.1, 0.15) is 21.5 Å². The van der Waals surface area contributed by atoms with Gasteiger partial charge in [-0.25, -0.2) is 18.3 Å². The predicted octanol–water partition coefficient (Wildman–Crippen LogP) is 4.67. The second-order valence-electron chi connectivity index (χ2n) is 8.38. The molecule has 1 unspecified atom stereocenters. The van der Waals surface area contributed by atoms with Crippen molar-refractivity contribution in [2.24, 2.45) is 0 Å². The third-order valence-corrected chi connectivity index (χ3v) is 9.31. The third kappa shape index (κ3) is 4.16. The van der Waals surface area contributed by atoms with Gasteiger partial charge in [0, 0.05) is 5.56 Å². The van der Waals surface area contributed by atoms with Crippen molar-refractivity contribution in [3.63, 3.8) is 0 Å². The molecule has 5 aromatic rings. The summed E-state index contributed by atoms with van der Waals surface area (Å²) in [4.78, 5) is 32.0. The van der Waals surface area contributed by atoms with Crippen molar-refractivity contribution < 1.29 is 26.8 Å². The van der Waals surface area contributed by atoms with Crippen LogP contribution in [0.4, 0.5) is 5.69 Å². The zero-order chi connectivity index (χ0) is 25.6. The molecule has 1 aliphatic heterocycles. The van der Waals surface area contributed by atoms with Crippen molar-refractivity contribution in [1.29, 1.82) is 0 Å². The summed E-state index contributed by atoms with van der Waals surface area (Å²) in [6.45, 7) is -0.179. The van der Waals surface area contributed by atoms with E-state index < -0.39 is 27.9 Å². The molecule has 1 aliphatic rings. The Morgan fingerprint density at radius 3 is 2.51 bits per heavy atom. The summed E-state index contributed by atoms with van der Waals surface area (Å²) in [5.41, 5.74) is 2.38. The fourth-order valence-electron chi connectivity index (χ4n) is 4.31. The molecule has 0 radical (unpaired) electrons. The Bertz CT molecular complexity index is 1660. The van der Waals surface area contributed by atoms with Crippen LogP contribution in [0.3, 0.4) is 0 Å². The van der Waals surface area contributed by atoms with Crippen LogP contribution < -0.4 is 4.90 Å². The molecule has 0 bridgehead atoms. The lowest BCUT2D eigenvalue weighted by Crippen LogP contribution is -2.44. The van der Waals surface area contributed by atoms with Crippen molar-refractivity contribution >= 4 is 50.0 Å². The Hall–Kier alpha value is -4.06. The number of sulfonamides is 1. The van der Waals surface area contributed by atoms with Crippen molar-refractivity contribution in [2.75, 3.05) is 4.90 Å². The van der Waals surface area contributed by atoms with Crippen LogP contribution in [0.15, 0.2) is 97.5 Å². The first-order valence-corrected chi connectivity index (χ1v) is 13.6. The largest absolute Gasteiger partial charge is 0.468 e. The highest BCUT2D eigenvalue weighted by Crippen LogP contribution is 2.33. The molecule has 1 atom stereocenters. The van der Waals surface area contributed by atoms with E-state index in [2.05, 4.69) is 4.98 Å². The molecule has 6 rings (SSSR count). The molecule has 0 N–H and O–H groups in total. The highest BCUT2D eigenvalue weighted by molar-refractivity contribution is 7.91. The van der Waals surface area contributed by atoms with Crippen LogP contribution in [0, 0.1) is 0 Å². The number of rotatable bonds is 7. The summed E-state index contributed by atoms with van der Waals surface area (Å²) >= 11 is 1.04. The third-order valence-electron chi connectivity index (χ3n) is 6.09. The maximum atomic E-state index is 13.5. The molecule has 2 amide bonds. The number of nitrogens with zero attached hydrogens (tertiary/aromatic N) is 3. The fourth-order valence-corrected chi connectivity index (χ4v) is 6.97. The molecule has 2 aromatic carbocycles. The first-order chi connectivity index (χ1) is 17.9. The molecule has 0 spiro atoms. The van der Waals surface area contributed by atoms with E-state index in [-0.39, 0.29) is 17.2 Å². The van der Waals surface area contributed by atoms with Crippen LogP contribution >= 0.6 is 11.3 Å². The van der Waals surface area contributed by atoms with Gasteiger partial charge in [-0.15, -0.1) is 11.3 Å². The van der Waals surface area contributed by atoms with Crippen LogP contribution in [0.2, 0.25) is 0 Å². The minimum absolute atomic E-state index is 0.0837. The predicted molar refractivity (Wildman–Crippen MR) is 136 cm³/mol. The normalized spacial score (nSPS) is 16.4. The van der Waals surface area contributed by atoms with E-state index in [1.54, 1.807) is 47.8 Å². The van der Waals surface area contributed by atoms with Gasteiger partial charge in [-0.2, -0.15) is 4.31 Å². The van der Waals surface area contributed by atoms with Gasteiger partial charge in [-0.05, 0) is 60.0 Å². The molecule has 11 heteroatoms. The number of imide groups is 1. The topological polar surface area (TPSA) is 114 Å². The Labute approximate surface area is 215 Å². The zero-order valence-corrected chi connectivity index (χ0v) is 20.8. The summed E-state index contributed by atoms with van der Waals surface area (Å²) in [6.07, 6.45) is 1.15. The van der Waals surface area contributed by atoms with Crippen LogP contribution in [0.25, 0.3) is 22.6 Å². The number of hydrogen-bond donors (Lipinski definition) is 0. The number of thiophene rings is 1. The Morgan fingerprint density at radius 1 is 1.00 bits per heavy atom. The number of oxazole rings is 1. The molecule has 1 fully saturated rings. The number of amides is 2. The number of anilines is 1. The molecule has 0 saturated carbocycles. The van der Waals surface area contributed by atoms with Gasteiger partial charge in [0.25, 0.3) is 15.9 Å². The summed E-state index contributed by atoms with van der Waals surface area (Å²) < 4.78 is 39.2. The Kier molecular flexibility index (Phi) is 5.75. The number of fused-ring (bicyclic) bond motifs is 1. The van der Waals surface area contributed by atoms with Crippen molar-refractivity contribution in [1.82, 2.24) is 9.29 Å². The number of benzene rings is 2. The average Bonchev–Trinajstić information content (AvgIpc) is 3.70. The number of carbonyl (C=O) groups excluding carboxylic acids is 2.